The number of nitriles is 1. The van der Waals surface area contributed by atoms with Crippen molar-refractivity contribution < 1.29 is 9.59 Å². The number of nitrogens with one attached hydrogen (secondary N) is 1. The molecule has 1 aromatic rings. The summed E-state index contributed by atoms with van der Waals surface area (Å²) in [6.45, 7) is 0. The first-order valence-corrected chi connectivity index (χ1v) is 5.05. The summed E-state index contributed by atoms with van der Waals surface area (Å²) in [6, 6.07) is 4.50. The van der Waals surface area contributed by atoms with Gasteiger partial charge in [0.2, 0.25) is 5.91 Å². The summed E-state index contributed by atoms with van der Waals surface area (Å²) in [5, 5.41) is 11.6. The summed E-state index contributed by atoms with van der Waals surface area (Å²) < 4.78 is 0. The van der Waals surface area contributed by atoms with Crippen LogP contribution in [0.15, 0.2) is 18.3 Å². The van der Waals surface area contributed by atoms with E-state index in [1.165, 1.54) is 19.3 Å². The zero-order valence-corrected chi connectivity index (χ0v) is 9.17. The molecule has 2 rings (SSSR count). The third kappa shape index (κ3) is 2.08. The monoisotopic (exact) mass is 230 g/mol. The van der Waals surface area contributed by atoms with Gasteiger partial charge in [0.25, 0.3) is 5.91 Å². The van der Waals surface area contributed by atoms with E-state index in [-0.39, 0.29) is 18.2 Å². The molecule has 6 nitrogen and oxygen atoms in total. The van der Waals surface area contributed by atoms with Gasteiger partial charge < -0.3 is 5.32 Å². The first-order valence-electron chi connectivity index (χ1n) is 5.05. The average molecular weight is 230 g/mol. The van der Waals surface area contributed by atoms with E-state index in [0.717, 1.165) is 4.90 Å². The second-order valence-corrected chi connectivity index (χ2v) is 3.73. The van der Waals surface area contributed by atoms with Crippen molar-refractivity contribution in [3.63, 3.8) is 0 Å². The van der Waals surface area contributed by atoms with E-state index >= 15 is 0 Å². The summed E-state index contributed by atoms with van der Waals surface area (Å²) in [4.78, 5) is 28.0. The average Bonchev–Trinajstić information content (AvgIpc) is 2.57. The lowest BCUT2D eigenvalue weighted by atomic mass is 10.2. The molecule has 0 aliphatic carbocycles. The lowest BCUT2D eigenvalue weighted by Gasteiger charge is -2.11. The van der Waals surface area contributed by atoms with Gasteiger partial charge in [-0.2, -0.15) is 5.26 Å². The van der Waals surface area contributed by atoms with Crippen molar-refractivity contribution in [2.24, 2.45) is 0 Å². The second kappa shape index (κ2) is 4.22. The molecule has 1 unspecified atom stereocenters. The zero-order valence-electron chi connectivity index (χ0n) is 9.17. The van der Waals surface area contributed by atoms with E-state index < -0.39 is 6.04 Å². The number of carbonyl (C=O) groups excluding carboxylic acids is 2. The molecule has 86 valence electrons. The van der Waals surface area contributed by atoms with Crippen LogP contribution in [0, 0.1) is 11.3 Å². The highest BCUT2D eigenvalue weighted by molar-refractivity contribution is 6.06. The molecule has 1 aliphatic heterocycles. The number of anilines is 1. The summed E-state index contributed by atoms with van der Waals surface area (Å²) in [6.07, 6.45) is 1.60. The topological polar surface area (TPSA) is 86.1 Å². The number of rotatable bonds is 2. The zero-order chi connectivity index (χ0) is 12.4. The predicted molar refractivity (Wildman–Crippen MR) is 58.8 cm³/mol. The maximum Gasteiger partial charge on any atom is 0.251 e. The largest absolute Gasteiger partial charge is 0.358 e. The number of carbonyl (C=O) groups is 2. The van der Waals surface area contributed by atoms with E-state index in [4.69, 9.17) is 5.26 Å². The fourth-order valence-corrected chi connectivity index (χ4v) is 1.63. The molecule has 1 N–H and O–H groups in total. The molecule has 1 saturated heterocycles. The number of nitrogens with zero attached hydrogens (tertiary/aromatic N) is 3. The maximum atomic E-state index is 11.6. The molecule has 1 fully saturated rings. The third-order valence-corrected chi connectivity index (χ3v) is 2.59. The summed E-state index contributed by atoms with van der Waals surface area (Å²) in [5.41, 5.74) is 0.452. The first-order chi connectivity index (χ1) is 8.11. The molecular weight excluding hydrogens is 220 g/mol. The quantitative estimate of drug-likeness (QED) is 0.729. The molecule has 0 saturated carbocycles. The molecular formula is C11H10N4O2. The molecule has 17 heavy (non-hydrogen) atoms. The highest BCUT2D eigenvalue weighted by Gasteiger charge is 2.36. The van der Waals surface area contributed by atoms with Crippen molar-refractivity contribution in [2.45, 2.75) is 12.5 Å². The molecule has 6 heteroatoms. The molecule has 1 atom stereocenters. The van der Waals surface area contributed by atoms with Crippen LogP contribution in [0.2, 0.25) is 0 Å². The van der Waals surface area contributed by atoms with Crippen molar-refractivity contribution in [2.75, 3.05) is 12.4 Å². The van der Waals surface area contributed by atoms with Gasteiger partial charge in [-0.1, -0.05) is 0 Å². The minimum atomic E-state index is -0.589. The highest BCUT2D eigenvalue weighted by Crippen LogP contribution is 2.16. The van der Waals surface area contributed by atoms with Crippen LogP contribution in [0.1, 0.15) is 12.0 Å². The van der Waals surface area contributed by atoms with E-state index in [1.54, 1.807) is 6.07 Å². The van der Waals surface area contributed by atoms with Crippen molar-refractivity contribution in [3.8, 4) is 6.07 Å². The standard InChI is InChI=1S/C11H10N4O2/c1-15-10(16)5-8(11(15)17)14-9-4-7(6-12)2-3-13-9/h2-4,8H,5H2,1H3,(H,13,14). The Morgan fingerprint density at radius 3 is 2.94 bits per heavy atom. The number of amides is 2. The third-order valence-electron chi connectivity index (χ3n) is 2.59. The molecule has 0 spiro atoms. The number of aromatic nitrogens is 1. The SMILES string of the molecule is CN1C(=O)CC(Nc2cc(C#N)ccn2)C1=O. The Hall–Kier alpha value is -2.42. The molecule has 2 amide bonds. The number of hydrogen-bond donors (Lipinski definition) is 1. The van der Waals surface area contributed by atoms with Gasteiger partial charge in [0.05, 0.1) is 18.1 Å². The van der Waals surface area contributed by atoms with E-state index in [1.807, 2.05) is 6.07 Å². The van der Waals surface area contributed by atoms with Crippen LogP contribution >= 0.6 is 0 Å². The second-order valence-electron chi connectivity index (χ2n) is 3.73. The summed E-state index contributed by atoms with van der Waals surface area (Å²) in [5.74, 6) is -0.0754. The predicted octanol–water partition coefficient (Wildman–Crippen LogP) is 0.122. The number of pyridine rings is 1. The Kier molecular flexibility index (Phi) is 2.75. The van der Waals surface area contributed by atoms with Crippen molar-refractivity contribution in [3.05, 3.63) is 23.9 Å². The van der Waals surface area contributed by atoms with E-state index in [9.17, 15) is 9.59 Å². The van der Waals surface area contributed by atoms with E-state index in [2.05, 4.69) is 10.3 Å². The minimum absolute atomic E-state index is 0.119. The lowest BCUT2D eigenvalue weighted by molar-refractivity contribution is -0.136. The van der Waals surface area contributed by atoms with Crippen LogP contribution in [0.3, 0.4) is 0 Å². The summed E-state index contributed by atoms with van der Waals surface area (Å²) >= 11 is 0. The van der Waals surface area contributed by atoms with Gasteiger partial charge in [-0.15, -0.1) is 0 Å². The fraction of sp³-hybridized carbons (Fsp3) is 0.273. The van der Waals surface area contributed by atoms with Crippen LogP contribution < -0.4 is 5.32 Å². The van der Waals surface area contributed by atoms with Gasteiger partial charge >= 0.3 is 0 Å². The molecule has 1 aliphatic rings. The van der Waals surface area contributed by atoms with Crippen molar-refractivity contribution >= 4 is 17.6 Å². The Labute approximate surface area is 97.9 Å². The Morgan fingerprint density at radius 2 is 2.35 bits per heavy atom. The first kappa shape index (κ1) is 11.1. The molecule has 1 aromatic heterocycles. The van der Waals surface area contributed by atoms with Crippen LogP contribution in [0.25, 0.3) is 0 Å². The van der Waals surface area contributed by atoms with Crippen LogP contribution in [-0.2, 0) is 9.59 Å². The number of likely N-dealkylation sites (tertiary alicyclic amines) is 1. The van der Waals surface area contributed by atoms with Crippen molar-refractivity contribution in [1.82, 2.24) is 9.88 Å². The minimum Gasteiger partial charge on any atom is -0.358 e. The van der Waals surface area contributed by atoms with Crippen LogP contribution in [-0.4, -0.2) is 34.8 Å². The molecule has 0 radical (unpaired) electrons. The molecule has 2 heterocycles. The number of likely N-dealkylation sites (N-methyl/N-ethyl adjacent to an activating group) is 1. The Balaban J connectivity index is 2.14. The van der Waals surface area contributed by atoms with Crippen LogP contribution in [0.5, 0.6) is 0 Å². The normalized spacial score (nSPS) is 19.3. The van der Waals surface area contributed by atoms with Gasteiger partial charge in [0, 0.05) is 13.2 Å². The smallest absolute Gasteiger partial charge is 0.251 e. The maximum absolute atomic E-state index is 11.6. The highest BCUT2D eigenvalue weighted by atomic mass is 16.2. The van der Waals surface area contributed by atoms with Crippen molar-refractivity contribution in [1.29, 1.82) is 5.26 Å². The van der Waals surface area contributed by atoms with Gasteiger partial charge in [-0.05, 0) is 12.1 Å². The molecule has 0 aromatic carbocycles. The van der Waals surface area contributed by atoms with E-state index in [0.29, 0.717) is 11.4 Å². The fourth-order valence-electron chi connectivity index (χ4n) is 1.63. The number of imide groups is 1. The Bertz CT molecular complexity index is 520. The van der Waals surface area contributed by atoms with Gasteiger partial charge in [-0.25, -0.2) is 4.98 Å². The summed E-state index contributed by atoms with van der Waals surface area (Å²) in [7, 11) is 1.45. The molecule has 0 bridgehead atoms. The van der Waals surface area contributed by atoms with Gasteiger partial charge in [-0.3, -0.25) is 14.5 Å². The lowest BCUT2D eigenvalue weighted by Crippen LogP contribution is -2.32. The van der Waals surface area contributed by atoms with Crippen LogP contribution in [0.4, 0.5) is 5.82 Å². The van der Waals surface area contributed by atoms with Gasteiger partial charge in [0.15, 0.2) is 0 Å². The Morgan fingerprint density at radius 1 is 1.59 bits per heavy atom. The number of hydrogen-bond acceptors (Lipinski definition) is 5. The van der Waals surface area contributed by atoms with Gasteiger partial charge in [0.1, 0.15) is 11.9 Å².